The lowest BCUT2D eigenvalue weighted by Crippen LogP contribution is -2.48. The quantitative estimate of drug-likeness (QED) is 0.0615. The molecule has 0 radical (unpaired) electrons. The highest BCUT2D eigenvalue weighted by molar-refractivity contribution is 6.74. The molecule has 13 nitrogen and oxygen atoms in total. The highest BCUT2D eigenvalue weighted by Gasteiger charge is 2.48. The van der Waals surface area contributed by atoms with Crippen LogP contribution in [0.1, 0.15) is 178 Å². The van der Waals surface area contributed by atoms with E-state index in [1.54, 1.807) is 34.1 Å². The Kier molecular flexibility index (Phi) is 20.0. The third-order valence-corrected chi connectivity index (χ3v) is 26.4. The van der Waals surface area contributed by atoms with Gasteiger partial charge in [0.1, 0.15) is 35.2 Å². The van der Waals surface area contributed by atoms with Gasteiger partial charge in [-0.05, 0) is 156 Å². The Morgan fingerprint density at radius 3 is 1.38 bits per heavy atom. The maximum Gasteiger partial charge on any atom is 0.194 e. The lowest BCUT2D eigenvalue weighted by molar-refractivity contribution is -0.000332. The number of allylic oxidation sites excluding steroid dienone is 1. The molecule has 6 aromatic rings. The van der Waals surface area contributed by atoms with Gasteiger partial charge in [-0.25, -0.2) is 0 Å². The van der Waals surface area contributed by atoms with Gasteiger partial charge in [0.25, 0.3) is 0 Å². The summed E-state index contributed by atoms with van der Waals surface area (Å²) in [6.07, 6.45) is 3.06. The number of rotatable bonds is 16. The zero-order chi connectivity index (χ0) is 59.8. The van der Waals surface area contributed by atoms with Crippen molar-refractivity contribution >= 4 is 68.4 Å². The smallest absolute Gasteiger partial charge is 0.194 e. The van der Waals surface area contributed by atoms with E-state index in [1.165, 1.54) is 0 Å². The Hall–Kier alpha value is -6.31. The molecule has 0 heterocycles. The van der Waals surface area contributed by atoms with Crippen LogP contribution < -0.4 is 9.47 Å². The lowest BCUT2D eigenvalue weighted by atomic mass is 9.79. The van der Waals surface area contributed by atoms with Crippen LogP contribution in [0.15, 0.2) is 66.7 Å². The van der Waals surface area contributed by atoms with Gasteiger partial charge in [-0.15, -0.1) is 0 Å². The van der Waals surface area contributed by atoms with Gasteiger partial charge in [0.15, 0.2) is 40.8 Å². The first kappa shape index (κ1) is 64.9. The Morgan fingerprint density at radius 1 is 0.585 bits per heavy atom. The molecule has 2 aliphatic rings. The minimum atomic E-state index is -2.40. The SMILES string of the molecule is C.C/C=C/c1c(C)cc2c(CO)c3c(c(O)c2c1C)C(=O)[C@@H](O[Si](C)(C)C(C)(C)C)C[C@@H]3OCc1ccc(OC)cc1.COc1ccc(CO[C@H]2C[C@H](O[Si](C)(C)C(C)(C)C)C(=O)c3c2c(C=O)c2cc(C)c(C=O)c(C)c2c3O)cc1. The number of methoxy groups -OCH3 is 2. The first-order chi connectivity index (χ1) is 38.0. The predicted molar refractivity (Wildman–Crippen MR) is 331 cm³/mol. The van der Waals surface area contributed by atoms with Gasteiger partial charge >= 0.3 is 0 Å². The number of phenolic OH excluding ortho intramolecular Hbond substituents is 2. The van der Waals surface area contributed by atoms with Crippen LogP contribution in [0.3, 0.4) is 0 Å². The van der Waals surface area contributed by atoms with Crippen LogP contribution in [0.4, 0.5) is 0 Å². The molecule has 0 spiro atoms. The van der Waals surface area contributed by atoms with Crippen LogP contribution in [0.25, 0.3) is 27.6 Å². The molecule has 0 unspecified atom stereocenters. The van der Waals surface area contributed by atoms with Crippen molar-refractivity contribution in [3.8, 4) is 23.0 Å². The second-order valence-electron chi connectivity index (χ2n) is 24.6. The number of aliphatic hydroxyl groups is 1. The molecular formula is C67H86O13Si2. The number of carbonyl (C=O) groups is 4. The topological polar surface area (TPSA) is 184 Å². The van der Waals surface area contributed by atoms with Gasteiger partial charge < -0.3 is 43.1 Å². The maximum atomic E-state index is 14.2. The predicted octanol–water partition coefficient (Wildman–Crippen LogP) is 15.6. The van der Waals surface area contributed by atoms with E-state index in [-0.39, 0.29) is 83.5 Å². The van der Waals surface area contributed by atoms with Gasteiger partial charge in [-0.3, -0.25) is 19.2 Å². The summed E-state index contributed by atoms with van der Waals surface area (Å²) in [7, 11) is -1.51. The van der Waals surface area contributed by atoms with Gasteiger partial charge in [0, 0.05) is 45.9 Å². The van der Waals surface area contributed by atoms with Crippen LogP contribution in [-0.4, -0.2) is 82.5 Å². The molecule has 2 aliphatic carbocycles. The molecule has 0 amide bonds. The van der Waals surface area contributed by atoms with Crippen molar-refractivity contribution in [2.24, 2.45) is 0 Å². The lowest BCUT2D eigenvalue weighted by Gasteiger charge is -2.41. The van der Waals surface area contributed by atoms with E-state index in [1.807, 2.05) is 87.5 Å². The van der Waals surface area contributed by atoms with Gasteiger partial charge in [0.2, 0.25) is 0 Å². The number of benzene rings is 6. The molecule has 3 N–H and O–H groups in total. The number of aryl methyl sites for hydroxylation is 4. The molecule has 0 aliphatic heterocycles. The third kappa shape index (κ3) is 12.5. The van der Waals surface area contributed by atoms with Crippen LogP contribution in [0.2, 0.25) is 36.3 Å². The van der Waals surface area contributed by atoms with Crippen molar-refractivity contribution in [1.82, 2.24) is 0 Å². The summed E-state index contributed by atoms with van der Waals surface area (Å²) in [6, 6.07) is 18.8. The fraction of sp³-hybridized carbons (Fsp3) is 0.433. The minimum Gasteiger partial charge on any atom is -0.507 e. The summed E-state index contributed by atoms with van der Waals surface area (Å²) in [5.41, 5.74) is 8.40. The molecule has 0 fully saturated rings. The second-order valence-corrected chi connectivity index (χ2v) is 34.1. The summed E-state index contributed by atoms with van der Waals surface area (Å²) in [4.78, 5) is 52.8. The Morgan fingerprint density at radius 2 is 0.976 bits per heavy atom. The molecule has 440 valence electrons. The average Bonchev–Trinajstić information content (AvgIpc) is 1.32. The molecule has 6 aromatic carbocycles. The van der Waals surface area contributed by atoms with Crippen LogP contribution in [-0.2, 0) is 38.1 Å². The molecular weight excluding hydrogens is 1070 g/mol. The molecule has 15 heteroatoms. The van der Waals surface area contributed by atoms with Crippen LogP contribution >= 0.6 is 0 Å². The zero-order valence-electron chi connectivity index (χ0n) is 50.4. The van der Waals surface area contributed by atoms with Crippen LogP contribution in [0, 0.1) is 27.7 Å². The van der Waals surface area contributed by atoms with Gasteiger partial charge in [-0.2, -0.15) is 0 Å². The number of aromatic hydroxyl groups is 2. The van der Waals surface area contributed by atoms with Crippen molar-refractivity contribution in [3.63, 3.8) is 0 Å². The van der Waals surface area contributed by atoms with Crippen molar-refractivity contribution < 1.29 is 62.3 Å². The van der Waals surface area contributed by atoms with E-state index in [0.717, 1.165) is 51.0 Å². The molecule has 4 atom stereocenters. The second kappa shape index (κ2) is 25.3. The fourth-order valence-corrected chi connectivity index (χ4v) is 13.3. The Balaban J connectivity index is 0.000000261. The highest BCUT2D eigenvalue weighted by atomic mass is 28.4. The average molecular weight is 1160 g/mol. The minimum absolute atomic E-state index is 0. The van der Waals surface area contributed by atoms with Gasteiger partial charge in [0.05, 0.1) is 57.4 Å². The number of ether oxygens (including phenoxy) is 4. The number of fused-ring (bicyclic) bond motifs is 4. The van der Waals surface area contributed by atoms with E-state index >= 15 is 0 Å². The number of aldehydes is 2. The number of aliphatic hydroxyl groups excluding tert-OH is 1. The standard InChI is InChI=1S/C34H44O6Si.C32H38O7Si.CH4/c1-10-11-24-20(2)16-25-26(18-35)30-27(39-19-22-12-14-23(38-7)15-13-22)17-28(40-41(8,9)34(4,5)6)32(36)31(30)33(37)29(25)21(24)3;1-18-13-22-24(16-34)28-25(38-17-20-9-11-21(37-6)12-10-20)14-26(39-40(7,8)32(3,4)5)30(35)29(28)31(36)27(22)19(2)23(18)15-33;/h10-16,27-28,35,37H,17-19H2,1-9H3;9-13,15-16,25-26,36H,14,17H2,1-8H3;1H4/b11-10+;;/t27-,28-;25-,26-;/m00./s1. The van der Waals surface area contributed by atoms with E-state index in [4.69, 9.17) is 27.8 Å². The van der Waals surface area contributed by atoms with E-state index in [0.29, 0.717) is 62.2 Å². The number of Topliss-reactive ketones (excluding diaryl/α,β-unsaturated/α-hetero) is 2. The summed E-state index contributed by atoms with van der Waals surface area (Å²) in [5.74, 6) is 0.535. The zero-order valence-corrected chi connectivity index (χ0v) is 52.4. The number of carbonyl (C=O) groups excluding carboxylic acids is 4. The van der Waals surface area contributed by atoms with Crippen molar-refractivity contribution in [2.75, 3.05) is 14.2 Å². The summed E-state index contributed by atoms with van der Waals surface area (Å²) in [6.45, 7) is 30.7. The van der Waals surface area contributed by atoms with E-state index < -0.39 is 41.1 Å². The Labute approximate surface area is 487 Å². The Bertz CT molecular complexity index is 3420. The summed E-state index contributed by atoms with van der Waals surface area (Å²) < 4.78 is 36.8. The fourth-order valence-electron chi connectivity index (χ4n) is 10.8. The molecule has 82 heavy (non-hydrogen) atoms. The van der Waals surface area contributed by atoms with Crippen molar-refractivity contribution in [1.29, 1.82) is 0 Å². The highest BCUT2D eigenvalue weighted by Crippen LogP contribution is 2.51. The van der Waals surface area contributed by atoms with Gasteiger partial charge in [-0.1, -0.05) is 91.5 Å². The maximum absolute atomic E-state index is 14.2. The van der Waals surface area contributed by atoms with Crippen molar-refractivity contribution in [2.45, 2.75) is 177 Å². The molecule has 0 aromatic heterocycles. The number of ketones is 2. The molecule has 0 saturated carbocycles. The number of hydrogen-bond acceptors (Lipinski definition) is 13. The molecule has 0 saturated heterocycles. The van der Waals surface area contributed by atoms with Crippen LogP contribution in [0.5, 0.6) is 23.0 Å². The third-order valence-electron chi connectivity index (χ3n) is 17.4. The number of phenols is 2. The first-order valence-electron chi connectivity index (χ1n) is 27.7. The van der Waals surface area contributed by atoms with Crippen molar-refractivity contribution in [3.05, 3.63) is 145 Å². The number of hydrogen-bond donors (Lipinski definition) is 3. The molecule has 8 rings (SSSR count). The largest absolute Gasteiger partial charge is 0.507 e. The monoisotopic (exact) mass is 1150 g/mol. The molecule has 0 bridgehead atoms. The summed E-state index contributed by atoms with van der Waals surface area (Å²) in [5, 5.41) is 36.1. The summed E-state index contributed by atoms with van der Waals surface area (Å²) >= 11 is 0. The van der Waals surface area contributed by atoms with E-state index in [9.17, 15) is 34.5 Å². The van der Waals surface area contributed by atoms with E-state index in [2.05, 4.69) is 67.7 Å². The first-order valence-corrected chi connectivity index (χ1v) is 33.5. The normalized spacial score (nSPS) is 17.5.